The van der Waals surface area contributed by atoms with Crippen molar-refractivity contribution < 1.29 is 65.4 Å². The van der Waals surface area contributed by atoms with Gasteiger partial charge in [0.2, 0.25) is 5.91 Å². The molecular formula is C45H53F4N8O10+. The number of nitrogens with zero attached hydrogens (tertiary/aromatic N) is 4. The van der Waals surface area contributed by atoms with Crippen LogP contribution in [0.25, 0.3) is 10.9 Å². The van der Waals surface area contributed by atoms with Gasteiger partial charge in [0.05, 0.1) is 24.8 Å². The van der Waals surface area contributed by atoms with E-state index in [2.05, 4.69) is 16.0 Å². The monoisotopic (exact) mass is 941 g/mol. The van der Waals surface area contributed by atoms with E-state index in [0.717, 1.165) is 19.2 Å². The number of fused-ring (bicyclic) bond motifs is 1. The number of alkyl halides is 3. The third-order valence-corrected chi connectivity index (χ3v) is 11.5. The number of rotatable bonds is 18. The molecule has 1 saturated heterocycles. The highest BCUT2D eigenvalue weighted by molar-refractivity contribution is 5.98. The maximum absolute atomic E-state index is 15.3. The molecule has 1 unspecified atom stereocenters. The van der Waals surface area contributed by atoms with Gasteiger partial charge in [-0.05, 0) is 62.1 Å². The lowest BCUT2D eigenvalue weighted by molar-refractivity contribution is -0.854. The number of quaternary nitrogens is 1. The number of amides is 6. The lowest BCUT2D eigenvalue weighted by atomic mass is 10.1. The summed E-state index contributed by atoms with van der Waals surface area (Å²) in [5.74, 6) is -4.02. The number of hydrogen-bond donors (Lipinski definition) is 5. The Bertz CT molecular complexity index is 2500. The van der Waals surface area contributed by atoms with E-state index in [1.165, 1.54) is 34.6 Å². The number of hydrogen-bond acceptors (Lipinski definition) is 10. The van der Waals surface area contributed by atoms with Gasteiger partial charge in [-0.1, -0.05) is 42.5 Å². The van der Waals surface area contributed by atoms with Crippen molar-refractivity contribution in [3.05, 3.63) is 106 Å². The smallest absolute Gasteiger partial charge is 0.477 e. The maximum atomic E-state index is 15.3. The number of ether oxygens (including phenoxy) is 2. The number of carbonyl (C=O) groups excluding carboxylic acids is 5. The third kappa shape index (κ3) is 13.2. The summed E-state index contributed by atoms with van der Waals surface area (Å²) in [6.07, 6.45) is -8.43. The summed E-state index contributed by atoms with van der Waals surface area (Å²) in [7, 11) is 1.15. The minimum absolute atomic E-state index is 0.0260. The van der Waals surface area contributed by atoms with Crippen LogP contribution in [0.15, 0.2) is 77.6 Å². The van der Waals surface area contributed by atoms with Crippen molar-refractivity contribution in [2.24, 2.45) is 5.73 Å². The number of nitrogens with two attached hydrogens (primary N) is 1. The van der Waals surface area contributed by atoms with E-state index >= 15 is 4.39 Å². The Kier molecular flexibility index (Phi) is 16.9. The average Bonchev–Trinajstić information content (AvgIpc) is 3.30. The number of benzene rings is 3. The highest BCUT2D eigenvalue weighted by Gasteiger charge is 2.51. The van der Waals surface area contributed by atoms with E-state index in [1.807, 2.05) is 0 Å². The van der Waals surface area contributed by atoms with Crippen LogP contribution in [-0.2, 0) is 38.8 Å². The second-order valence-corrected chi connectivity index (χ2v) is 15.9. The lowest BCUT2D eigenvalue weighted by Crippen LogP contribution is -2.64. The molecule has 4 aromatic rings. The summed E-state index contributed by atoms with van der Waals surface area (Å²) < 4.78 is 68.6. The number of carboxylic acid groups (broad SMARTS) is 1. The Hall–Kier alpha value is -7.23. The fourth-order valence-electron chi connectivity index (χ4n) is 7.59. The van der Waals surface area contributed by atoms with Gasteiger partial charge >= 0.3 is 30.4 Å². The number of likely N-dealkylation sites (N-methyl/N-ethyl adjacent to an activating group) is 1. The van der Waals surface area contributed by atoms with E-state index in [-0.39, 0.29) is 99.8 Å². The topological polar surface area (TPSA) is 232 Å². The summed E-state index contributed by atoms with van der Waals surface area (Å²) in [4.78, 5) is 92.7. The van der Waals surface area contributed by atoms with Gasteiger partial charge in [-0.3, -0.25) is 14.4 Å². The number of piperazine rings is 1. The van der Waals surface area contributed by atoms with Gasteiger partial charge in [-0.25, -0.2) is 23.3 Å². The molecule has 22 heteroatoms. The third-order valence-electron chi connectivity index (χ3n) is 11.5. The van der Waals surface area contributed by atoms with Gasteiger partial charge in [0.15, 0.2) is 11.5 Å². The first-order valence-electron chi connectivity index (χ1n) is 21.4. The van der Waals surface area contributed by atoms with Crippen LogP contribution in [0.3, 0.4) is 0 Å². The van der Waals surface area contributed by atoms with E-state index in [0.29, 0.717) is 11.1 Å². The predicted molar refractivity (Wildman–Crippen MR) is 236 cm³/mol. The van der Waals surface area contributed by atoms with Crippen molar-refractivity contribution in [1.29, 1.82) is 0 Å². The molecule has 360 valence electrons. The van der Waals surface area contributed by atoms with E-state index in [4.69, 9.17) is 15.2 Å². The average molecular weight is 942 g/mol. The second kappa shape index (κ2) is 22.3. The van der Waals surface area contributed by atoms with Crippen molar-refractivity contribution in [1.82, 2.24) is 20.1 Å². The quantitative estimate of drug-likeness (QED) is 0.0487. The summed E-state index contributed by atoms with van der Waals surface area (Å²) in [5, 5.41) is 17.0. The number of pyridine rings is 1. The van der Waals surface area contributed by atoms with Gasteiger partial charge in [-0.15, -0.1) is 0 Å². The van der Waals surface area contributed by atoms with Gasteiger partial charge in [0, 0.05) is 56.4 Å². The number of aryl methyl sites for hydroxylation is 1. The number of aromatic nitrogens is 1. The highest BCUT2D eigenvalue weighted by atomic mass is 19.4. The van der Waals surface area contributed by atoms with Crippen LogP contribution in [0.5, 0.6) is 0 Å². The van der Waals surface area contributed by atoms with Crippen LogP contribution < -0.4 is 32.0 Å². The molecule has 0 spiro atoms. The highest BCUT2D eigenvalue weighted by Crippen LogP contribution is 2.30. The number of urea groups is 1. The molecule has 6 amide bonds. The molecule has 1 aromatic heterocycles. The molecule has 2 heterocycles. The van der Waals surface area contributed by atoms with Crippen molar-refractivity contribution in [2.75, 3.05) is 56.5 Å². The normalized spacial score (nSPS) is 14.6. The maximum Gasteiger partial charge on any atom is 0.516 e. The van der Waals surface area contributed by atoms with Crippen molar-refractivity contribution in [3.63, 3.8) is 0 Å². The zero-order valence-corrected chi connectivity index (χ0v) is 37.1. The molecule has 5 rings (SSSR count). The molecule has 1 aliphatic rings. The second-order valence-electron chi connectivity index (χ2n) is 15.9. The summed E-state index contributed by atoms with van der Waals surface area (Å²) in [6, 6.07) is 13.6. The molecule has 0 saturated carbocycles. The minimum Gasteiger partial charge on any atom is -0.477 e. The number of halogens is 4. The standard InChI is InChI=1S/C45H52F4N8O10/c1-4-56-34-23-35(32(46)22-31(34)38(58)24-36(56)41(61)62)54-18-20-55(21-19-54)43(64)66-26-29-13-15-30(16-14-29)52-39(59)33(12-9-17-51-42(50)63)53-40(60)37(25-45(47,48)49)57(3,5-2)44(65)67-27-28-10-7-6-8-11-28/h6-8,10-11,13-16,22-24,33,37H,4-5,9,12,17-21,25-27H2,1-3H3,(H5-,50,51,52,53,59,60,61,62,63)/p+1/t33-,37-,57?/m0/s1. The molecule has 67 heavy (non-hydrogen) atoms. The Balaban J connectivity index is 1.20. The summed E-state index contributed by atoms with van der Waals surface area (Å²) in [6.45, 7) is 3.33. The van der Waals surface area contributed by atoms with E-state index < -0.39 is 76.4 Å². The van der Waals surface area contributed by atoms with Crippen molar-refractivity contribution in [2.45, 2.75) is 71.1 Å². The molecule has 0 aliphatic carbocycles. The Morgan fingerprint density at radius 2 is 1.52 bits per heavy atom. The lowest BCUT2D eigenvalue weighted by Gasteiger charge is -2.36. The van der Waals surface area contributed by atoms with Crippen LogP contribution in [0.4, 0.5) is 43.3 Å². The minimum atomic E-state index is -4.90. The molecule has 3 aromatic carbocycles. The van der Waals surface area contributed by atoms with Gasteiger partial charge in [0.1, 0.15) is 37.2 Å². The molecule has 0 radical (unpaired) electrons. The van der Waals surface area contributed by atoms with Gasteiger partial charge in [0.25, 0.3) is 5.91 Å². The molecule has 3 atom stereocenters. The molecular weight excluding hydrogens is 889 g/mol. The van der Waals surface area contributed by atoms with Crippen molar-refractivity contribution >= 4 is 58.3 Å². The number of nitrogens with one attached hydrogen (secondary N) is 3. The Labute approximate surface area is 382 Å². The van der Waals surface area contributed by atoms with E-state index in [1.54, 1.807) is 54.3 Å². The molecule has 1 fully saturated rings. The predicted octanol–water partition coefficient (Wildman–Crippen LogP) is 5.31. The zero-order chi connectivity index (χ0) is 49.1. The molecule has 1 aliphatic heterocycles. The Morgan fingerprint density at radius 1 is 0.881 bits per heavy atom. The number of anilines is 2. The number of aromatic carboxylic acids is 1. The van der Waals surface area contributed by atoms with Crippen LogP contribution >= 0.6 is 0 Å². The molecule has 0 bridgehead atoms. The van der Waals surface area contributed by atoms with E-state index in [9.17, 15) is 51.8 Å². The summed E-state index contributed by atoms with van der Waals surface area (Å²) in [5.41, 5.74) is 6.01. The summed E-state index contributed by atoms with van der Waals surface area (Å²) >= 11 is 0. The zero-order valence-electron chi connectivity index (χ0n) is 37.1. The number of carboxylic acids is 1. The van der Waals surface area contributed by atoms with Crippen molar-refractivity contribution in [3.8, 4) is 0 Å². The largest absolute Gasteiger partial charge is 0.516 e. The van der Waals surface area contributed by atoms with Crippen LogP contribution in [0.1, 0.15) is 54.7 Å². The van der Waals surface area contributed by atoms with Crippen LogP contribution in [0.2, 0.25) is 0 Å². The Morgan fingerprint density at radius 3 is 2.12 bits per heavy atom. The number of primary amides is 1. The first kappa shape index (κ1) is 50.8. The fraction of sp³-hybridized carbons (Fsp3) is 0.400. The van der Waals surface area contributed by atoms with Gasteiger partial charge < -0.3 is 50.6 Å². The SMILES string of the molecule is CCn1c(C(=O)O)cc(=O)c2cc(F)c(N3CCN(C(=O)OCc4ccc(NC(=O)[C@H](CCCNC(N)=O)NC(=O)[C@H](CC(F)(F)F)[N+](C)(CC)C(=O)OCc5ccccc5)cc4)CC3)cc21. The fourth-order valence-corrected chi connectivity index (χ4v) is 7.59. The first-order valence-corrected chi connectivity index (χ1v) is 21.4. The first-order chi connectivity index (χ1) is 31.7. The van der Waals surface area contributed by atoms with Crippen LogP contribution in [0, 0.1) is 5.82 Å². The molecule has 6 N–H and O–H groups in total. The van der Waals surface area contributed by atoms with Gasteiger partial charge in [-0.2, -0.15) is 18.0 Å². The van der Waals surface area contributed by atoms with Crippen LogP contribution in [-0.4, -0.2) is 120 Å². The molecule has 18 nitrogen and oxygen atoms in total. The number of carbonyl (C=O) groups is 6.